The number of rotatable bonds is 6. The van der Waals surface area contributed by atoms with Crippen LogP contribution in [0.3, 0.4) is 0 Å². The van der Waals surface area contributed by atoms with Crippen LogP contribution in [0.1, 0.15) is 12.0 Å². The SMILES string of the molecule is CN(Cc1ccc(OC(F)F)cc1)C(=O)CN1CCCNCC1.Cl. The monoisotopic (exact) mass is 363 g/mol. The minimum Gasteiger partial charge on any atom is -0.435 e. The van der Waals surface area contributed by atoms with Gasteiger partial charge in [-0.3, -0.25) is 9.69 Å². The first-order valence-electron chi connectivity index (χ1n) is 7.75. The van der Waals surface area contributed by atoms with Gasteiger partial charge in [-0.1, -0.05) is 12.1 Å². The first-order chi connectivity index (χ1) is 11.0. The number of nitrogens with zero attached hydrogens (tertiary/aromatic N) is 2. The molecule has 1 aromatic carbocycles. The molecule has 0 saturated carbocycles. The number of alkyl halides is 2. The molecule has 0 radical (unpaired) electrons. The zero-order valence-corrected chi connectivity index (χ0v) is 14.5. The van der Waals surface area contributed by atoms with Crippen molar-refractivity contribution < 1.29 is 18.3 Å². The second-order valence-corrected chi connectivity index (χ2v) is 5.65. The maximum atomic E-state index is 12.3. The molecule has 1 N–H and O–H groups in total. The fourth-order valence-electron chi connectivity index (χ4n) is 2.51. The lowest BCUT2D eigenvalue weighted by atomic mass is 10.2. The largest absolute Gasteiger partial charge is 0.435 e. The summed E-state index contributed by atoms with van der Waals surface area (Å²) in [4.78, 5) is 16.1. The van der Waals surface area contributed by atoms with E-state index in [9.17, 15) is 13.6 Å². The maximum Gasteiger partial charge on any atom is 0.387 e. The summed E-state index contributed by atoms with van der Waals surface area (Å²) in [6.45, 7) is 1.72. The molecule has 0 unspecified atom stereocenters. The number of benzene rings is 1. The Labute approximate surface area is 147 Å². The second kappa shape index (κ2) is 10.4. The van der Waals surface area contributed by atoms with Gasteiger partial charge in [0, 0.05) is 26.7 Å². The zero-order valence-electron chi connectivity index (χ0n) is 13.7. The molecule has 1 fully saturated rings. The van der Waals surface area contributed by atoms with Gasteiger partial charge in [-0.2, -0.15) is 8.78 Å². The summed E-state index contributed by atoms with van der Waals surface area (Å²) in [6.07, 6.45) is 1.04. The molecule has 136 valence electrons. The summed E-state index contributed by atoms with van der Waals surface area (Å²) in [7, 11) is 1.75. The molecule has 24 heavy (non-hydrogen) atoms. The van der Waals surface area contributed by atoms with Gasteiger partial charge in [0.15, 0.2) is 0 Å². The predicted octanol–water partition coefficient (Wildman–Crippen LogP) is 1.96. The number of hydrogen-bond donors (Lipinski definition) is 1. The predicted molar refractivity (Wildman–Crippen MR) is 90.7 cm³/mol. The van der Waals surface area contributed by atoms with Crippen LogP contribution in [-0.2, 0) is 11.3 Å². The van der Waals surface area contributed by atoms with E-state index in [4.69, 9.17) is 0 Å². The van der Waals surface area contributed by atoms with Crippen LogP contribution >= 0.6 is 12.4 Å². The second-order valence-electron chi connectivity index (χ2n) is 5.65. The zero-order chi connectivity index (χ0) is 16.7. The molecule has 5 nitrogen and oxygen atoms in total. The minimum absolute atomic E-state index is 0. The number of carbonyl (C=O) groups is 1. The van der Waals surface area contributed by atoms with Crippen LogP contribution in [-0.4, -0.2) is 62.1 Å². The number of amides is 1. The summed E-state index contributed by atoms with van der Waals surface area (Å²) in [6, 6.07) is 6.36. The molecule has 1 aliphatic heterocycles. The number of nitrogens with one attached hydrogen (secondary N) is 1. The minimum atomic E-state index is -2.83. The highest BCUT2D eigenvalue weighted by atomic mass is 35.5. The van der Waals surface area contributed by atoms with E-state index in [1.54, 1.807) is 24.1 Å². The van der Waals surface area contributed by atoms with Crippen molar-refractivity contribution in [2.24, 2.45) is 0 Å². The first kappa shape index (κ1) is 20.6. The van der Waals surface area contributed by atoms with E-state index in [1.165, 1.54) is 12.1 Å². The van der Waals surface area contributed by atoms with Gasteiger partial charge in [-0.05, 0) is 37.2 Å². The maximum absolute atomic E-state index is 12.3. The van der Waals surface area contributed by atoms with Crippen LogP contribution in [0.2, 0.25) is 0 Å². The Hall–Kier alpha value is -1.44. The van der Waals surface area contributed by atoms with Gasteiger partial charge in [-0.25, -0.2) is 0 Å². The fourth-order valence-corrected chi connectivity index (χ4v) is 2.51. The summed E-state index contributed by atoms with van der Waals surface area (Å²) < 4.78 is 28.5. The van der Waals surface area contributed by atoms with Crippen molar-refractivity contribution in [2.45, 2.75) is 19.6 Å². The first-order valence-corrected chi connectivity index (χ1v) is 7.75. The quantitative estimate of drug-likeness (QED) is 0.839. The molecule has 0 aromatic heterocycles. The Morgan fingerprint density at radius 2 is 2.00 bits per heavy atom. The highest BCUT2D eigenvalue weighted by Gasteiger charge is 2.16. The fraction of sp³-hybridized carbons (Fsp3) is 0.562. The Bertz CT molecular complexity index is 495. The van der Waals surface area contributed by atoms with E-state index in [0.717, 1.165) is 38.2 Å². The van der Waals surface area contributed by atoms with Crippen LogP contribution in [0, 0.1) is 0 Å². The van der Waals surface area contributed by atoms with Crippen LogP contribution in [0.5, 0.6) is 5.75 Å². The van der Waals surface area contributed by atoms with Crippen LogP contribution in [0.15, 0.2) is 24.3 Å². The molecule has 1 saturated heterocycles. The van der Waals surface area contributed by atoms with Crippen LogP contribution < -0.4 is 10.1 Å². The molecule has 0 spiro atoms. The van der Waals surface area contributed by atoms with Crippen molar-refractivity contribution in [3.8, 4) is 5.75 Å². The average molecular weight is 364 g/mol. The Morgan fingerprint density at radius 3 is 2.67 bits per heavy atom. The molecule has 0 bridgehead atoms. The average Bonchev–Trinajstić information content (AvgIpc) is 2.77. The molecular formula is C16H24ClF2N3O2. The van der Waals surface area contributed by atoms with Crippen LogP contribution in [0.4, 0.5) is 8.78 Å². The third-order valence-corrected chi connectivity index (χ3v) is 3.79. The van der Waals surface area contributed by atoms with Crippen LogP contribution in [0.25, 0.3) is 0 Å². The molecular weight excluding hydrogens is 340 g/mol. The van der Waals surface area contributed by atoms with Gasteiger partial charge in [0.25, 0.3) is 0 Å². The molecule has 8 heteroatoms. The lowest BCUT2D eigenvalue weighted by Crippen LogP contribution is -2.39. The molecule has 1 amide bonds. The Kier molecular flexibility index (Phi) is 8.95. The van der Waals surface area contributed by atoms with Gasteiger partial charge in [-0.15, -0.1) is 12.4 Å². The standard InChI is InChI=1S/C16H23F2N3O2.ClH/c1-20(15(22)12-21-9-2-7-19-8-10-21)11-13-3-5-14(6-4-13)23-16(17)18;/h3-6,16,19H,2,7-12H2,1H3;1H. The number of hydrogen-bond acceptors (Lipinski definition) is 4. The number of likely N-dealkylation sites (N-methyl/N-ethyl adjacent to an activating group) is 1. The molecule has 1 aromatic rings. The number of carbonyl (C=O) groups excluding carboxylic acids is 1. The summed E-state index contributed by atoms with van der Waals surface area (Å²) in [5.74, 6) is 0.176. The highest BCUT2D eigenvalue weighted by molar-refractivity contribution is 5.85. The summed E-state index contributed by atoms with van der Waals surface area (Å²) >= 11 is 0. The summed E-state index contributed by atoms with van der Waals surface area (Å²) in [5, 5.41) is 3.31. The van der Waals surface area contributed by atoms with E-state index in [2.05, 4.69) is 15.0 Å². The Balaban J connectivity index is 0.00000288. The third kappa shape index (κ3) is 6.98. The smallest absolute Gasteiger partial charge is 0.387 e. The Morgan fingerprint density at radius 1 is 1.29 bits per heavy atom. The van der Waals surface area contributed by atoms with Crippen molar-refractivity contribution in [3.05, 3.63) is 29.8 Å². The summed E-state index contributed by atoms with van der Waals surface area (Å²) in [5.41, 5.74) is 0.875. The van der Waals surface area contributed by atoms with Crippen molar-refractivity contribution >= 4 is 18.3 Å². The van der Waals surface area contributed by atoms with Crippen molar-refractivity contribution in [1.82, 2.24) is 15.1 Å². The van der Waals surface area contributed by atoms with Gasteiger partial charge in [0.05, 0.1) is 6.54 Å². The topological polar surface area (TPSA) is 44.8 Å². The third-order valence-electron chi connectivity index (χ3n) is 3.79. The van der Waals surface area contributed by atoms with Gasteiger partial charge in [0.1, 0.15) is 5.75 Å². The lowest BCUT2D eigenvalue weighted by molar-refractivity contribution is -0.131. The number of halogens is 3. The molecule has 1 heterocycles. The van der Waals surface area contributed by atoms with Crippen molar-refractivity contribution in [1.29, 1.82) is 0 Å². The molecule has 0 aliphatic carbocycles. The van der Waals surface area contributed by atoms with Gasteiger partial charge in [0.2, 0.25) is 5.91 Å². The van der Waals surface area contributed by atoms with E-state index in [1.807, 2.05) is 0 Å². The number of ether oxygens (including phenoxy) is 1. The van der Waals surface area contributed by atoms with Crippen molar-refractivity contribution in [3.63, 3.8) is 0 Å². The van der Waals surface area contributed by atoms with E-state index in [0.29, 0.717) is 13.1 Å². The lowest BCUT2D eigenvalue weighted by Gasteiger charge is -2.23. The normalized spacial score (nSPS) is 15.5. The molecule has 2 rings (SSSR count). The molecule has 0 atom stereocenters. The highest BCUT2D eigenvalue weighted by Crippen LogP contribution is 2.15. The van der Waals surface area contributed by atoms with Gasteiger partial charge >= 0.3 is 6.61 Å². The van der Waals surface area contributed by atoms with Crippen molar-refractivity contribution in [2.75, 3.05) is 39.8 Å². The van der Waals surface area contributed by atoms with E-state index >= 15 is 0 Å². The van der Waals surface area contributed by atoms with E-state index < -0.39 is 6.61 Å². The molecule has 1 aliphatic rings. The van der Waals surface area contributed by atoms with E-state index in [-0.39, 0.29) is 24.1 Å². The van der Waals surface area contributed by atoms with Gasteiger partial charge < -0.3 is 15.0 Å².